The molecule has 17 heavy (non-hydrogen) atoms. The number of hydrogen-bond donors (Lipinski definition) is 1. The maximum absolute atomic E-state index is 11.9. The van der Waals surface area contributed by atoms with Gasteiger partial charge >= 0.3 is 5.69 Å². The molecule has 0 aromatic carbocycles. The molecule has 2 aromatic rings. The minimum atomic E-state index is -0.568. The van der Waals surface area contributed by atoms with E-state index in [2.05, 4.69) is 10.1 Å². The second kappa shape index (κ2) is 4.21. The summed E-state index contributed by atoms with van der Waals surface area (Å²) in [4.78, 5) is 26.0. The predicted molar refractivity (Wildman–Crippen MR) is 63.9 cm³/mol. The van der Waals surface area contributed by atoms with Crippen LogP contribution in [0.1, 0.15) is 12.5 Å². The van der Waals surface area contributed by atoms with Crippen molar-refractivity contribution in [1.29, 1.82) is 0 Å². The first kappa shape index (κ1) is 11.7. The van der Waals surface area contributed by atoms with Crippen molar-refractivity contribution in [3.63, 3.8) is 0 Å². The van der Waals surface area contributed by atoms with E-state index in [1.165, 1.54) is 6.20 Å². The highest BCUT2D eigenvalue weighted by Gasteiger charge is 2.11. The quantitative estimate of drug-likeness (QED) is 0.802. The molecule has 0 saturated heterocycles. The van der Waals surface area contributed by atoms with E-state index in [1.54, 1.807) is 17.8 Å². The predicted octanol–water partition coefficient (Wildman–Crippen LogP) is 0.704. The van der Waals surface area contributed by atoms with E-state index in [1.807, 2.05) is 6.92 Å². The third-order valence-electron chi connectivity index (χ3n) is 2.47. The van der Waals surface area contributed by atoms with Gasteiger partial charge in [-0.05, 0) is 13.8 Å². The summed E-state index contributed by atoms with van der Waals surface area (Å²) in [6.07, 6.45) is 3.09. The summed E-state index contributed by atoms with van der Waals surface area (Å²) in [6.45, 7) is 4.14. The zero-order valence-corrected chi connectivity index (χ0v) is 10.2. The summed E-state index contributed by atoms with van der Waals surface area (Å²) < 4.78 is 2.64. The van der Waals surface area contributed by atoms with Crippen LogP contribution in [0.25, 0.3) is 5.69 Å². The van der Waals surface area contributed by atoms with Crippen LogP contribution in [0.15, 0.2) is 22.0 Å². The van der Waals surface area contributed by atoms with Crippen molar-refractivity contribution in [2.75, 3.05) is 0 Å². The molecule has 1 N–H and O–H groups in total. The number of aryl methyl sites for hydroxylation is 1. The van der Waals surface area contributed by atoms with Crippen molar-refractivity contribution < 1.29 is 0 Å². The van der Waals surface area contributed by atoms with Crippen LogP contribution in [0.2, 0.25) is 5.15 Å². The van der Waals surface area contributed by atoms with Gasteiger partial charge in [-0.25, -0.2) is 9.36 Å². The Morgan fingerprint density at radius 2 is 2.18 bits per heavy atom. The molecule has 0 unspecified atom stereocenters. The Hall–Kier alpha value is -1.82. The molecule has 2 heterocycles. The van der Waals surface area contributed by atoms with Crippen molar-refractivity contribution in [1.82, 2.24) is 19.3 Å². The molecule has 0 atom stereocenters. The Bertz CT molecular complexity index is 668. The van der Waals surface area contributed by atoms with Crippen molar-refractivity contribution in [3.8, 4) is 5.69 Å². The van der Waals surface area contributed by atoms with E-state index in [-0.39, 0.29) is 5.15 Å². The van der Waals surface area contributed by atoms with Gasteiger partial charge in [0.2, 0.25) is 0 Å². The third-order valence-corrected chi connectivity index (χ3v) is 2.85. The summed E-state index contributed by atoms with van der Waals surface area (Å²) in [5, 5.41) is 4.09. The first-order valence-electron chi connectivity index (χ1n) is 5.09. The van der Waals surface area contributed by atoms with Crippen molar-refractivity contribution >= 4 is 11.6 Å². The number of aromatic nitrogens is 4. The summed E-state index contributed by atoms with van der Waals surface area (Å²) >= 11 is 5.72. The van der Waals surface area contributed by atoms with Gasteiger partial charge in [0.15, 0.2) is 0 Å². The first-order valence-corrected chi connectivity index (χ1v) is 5.46. The second-order valence-corrected chi connectivity index (χ2v) is 3.94. The minimum absolute atomic E-state index is 0.0686. The van der Waals surface area contributed by atoms with Gasteiger partial charge in [0.05, 0.1) is 17.4 Å². The average molecular weight is 255 g/mol. The number of nitrogens with one attached hydrogen (secondary N) is 1. The second-order valence-electron chi connectivity index (χ2n) is 3.56. The highest BCUT2D eigenvalue weighted by Crippen LogP contribution is 2.06. The number of rotatable bonds is 2. The molecular weight excluding hydrogens is 244 g/mol. The summed E-state index contributed by atoms with van der Waals surface area (Å²) in [6, 6.07) is 0. The molecule has 0 radical (unpaired) electrons. The maximum Gasteiger partial charge on any atom is 0.334 e. The fraction of sp³-hybridized carbons (Fsp3) is 0.300. The van der Waals surface area contributed by atoms with Crippen LogP contribution in [-0.4, -0.2) is 19.3 Å². The van der Waals surface area contributed by atoms with Crippen molar-refractivity contribution in [3.05, 3.63) is 43.9 Å². The van der Waals surface area contributed by atoms with Gasteiger partial charge in [-0.15, -0.1) is 0 Å². The molecule has 0 bridgehead atoms. The number of nitrogens with zero attached hydrogens (tertiary/aromatic N) is 3. The van der Waals surface area contributed by atoms with Gasteiger partial charge in [0.25, 0.3) is 5.56 Å². The molecule has 0 aliphatic carbocycles. The van der Waals surface area contributed by atoms with E-state index >= 15 is 0 Å². The molecule has 0 saturated carbocycles. The van der Waals surface area contributed by atoms with Crippen LogP contribution in [0.3, 0.4) is 0 Å². The topological polar surface area (TPSA) is 72.7 Å². The molecule has 0 amide bonds. The number of aromatic amines is 1. The van der Waals surface area contributed by atoms with Crippen molar-refractivity contribution in [2.45, 2.75) is 20.4 Å². The monoisotopic (exact) mass is 254 g/mol. The maximum atomic E-state index is 11.9. The molecular formula is C10H11ClN4O2. The summed E-state index contributed by atoms with van der Waals surface area (Å²) in [7, 11) is 0. The Kier molecular flexibility index (Phi) is 2.89. The lowest BCUT2D eigenvalue weighted by Crippen LogP contribution is -2.35. The highest BCUT2D eigenvalue weighted by atomic mass is 35.5. The Morgan fingerprint density at radius 3 is 2.76 bits per heavy atom. The molecule has 6 nitrogen and oxygen atoms in total. The van der Waals surface area contributed by atoms with Gasteiger partial charge < -0.3 is 0 Å². The number of halogens is 1. The molecule has 0 aliphatic rings. The van der Waals surface area contributed by atoms with Gasteiger partial charge in [-0.3, -0.25) is 14.5 Å². The van der Waals surface area contributed by atoms with Crippen LogP contribution in [0, 0.1) is 6.92 Å². The zero-order chi connectivity index (χ0) is 12.6. The third kappa shape index (κ3) is 1.91. The lowest BCUT2D eigenvalue weighted by Gasteiger charge is -2.03. The molecule has 0 spiro atoms. The van der Waals surface area contributed by atoms with Gasteiger partial charge in [-0.1, -0.05) is 11.6 Å². The van der Waals surface area contributed by atoms with E-state index in [0.29, 0.717) is 17.8 Å². The lowest BCUT2D eigenvalue weighted by atomic mass is 10.4. The molecule has 90 valence electrons. The zero-order valence-electron chi connectivity index (χ0n) is 9.40. The van der Waals surface area contributed by atoms with Crippen LogP contribution in [0.4, 0.5) is 0 Å². The number of H-pyrrole nitrogens is 1. The Balaban J connectivity index is 2.72. The largest absolute Gasteiger partial charge is 0.334 e. The van der Waals surface area contributed by atoms with E-state index < -0.39 is 11.2 Å². The number of hydrogen-bond acceptors (Lipinski definition) is 3. The minimum Gasteiger partial charge on any atom is -0.297 e. The molecule has 0 aliphatic heterocycles. The Morgan fingerprint density at radius 1 is 1.47 bits per heavy atom. The SMILES string of the molecule is CCn1cc(-n2c(=O)[nH]c(Cl)c(C)c2=O)cn1. The Labute approximate surface area is 101 Å². The standard InChI is InChI=1S/C10H11ClN4O2/c1-3-14-5-7(4-12-14)15-9(16)6(2)8(11)13-10(15)17/h4-5H,3H2,1-2H3,(H,13,17). The first-order chi connectivity index (χ1) is 8.04. The van der Waals surface area contributed by atoms with Gasteiger partial charge in [0, 0.05) is 12.7 Å². The van der Waals surface area contributed by atoms with E-state index in [4.69, 9.17) is 11.6 Å². The van der Waals surface area contributed by atoms with Crippen LogP contribution in [-0.2, 0) is 6.54 Å². The average Bonchev–Trinajstić information content (AvgIpc) is 2.74. The highest BCUT2D eigenvalue weighted by molar-refractivity contribution is 6.30. The van der Waals surface area contributed by atoms with Gasteiger partial charge in [0.1, 0.15) is 5.15 Å². The fourth-order valence-corrected chi connectivity index (χ4v) is 1.63. The van der Waals surface area contributed by atoms with Crippen LogP contribution in [0.5, 0.6) is 0 Å². The van der Waals surface area contributed by atoms with Crippen LogP contribution >= 0.6 is 11.6 Å². The summed E-state index contributed by atoms with van der Waals surface area (Å²) in [5.41, 5.74) is -0.274. The molecule has 0 fully saturated rings. The molecule has 7 heteroatoms. The summed E-state index contributed by atoms with van der Waals surface area (Å²) in [5.74, 6) is 0. The molecule has 2 aromatic heterocycles. The fourth-order valence-electron chi connectivity index (χ4n) is 1.47. The van der Waals surface area contributed by atoms with E-state index in [9.17, 15) is 9.59 Å². The van der Waals surface area contributed by atoms with Crippen LogP contribution < -0.4 is 11.2 Å². The smallest absolute Gasteiger partial charge is 0.297 e. The lowest BCUT2D eigenvalue weighted by molar-refractivity contribution is 0.659. The molecule has 2 rings (SSSR count). The van der Waals surface area contributed by atoms with Gasteiger partial charge in [-0.2, -0.15) is 5.10 Å². The van der Waals surface area contributed by atoms with E-state index in [0.717, 1.165) is 4.57 Å². The normalized spacial score (nSPS) is 10.8. The van der Waals surface area contributed by atoms with Crippen molar-refractivity contribution in [2.24, 2.45) is 0 Å².